The Morgan fingerprint density at radius 1 is 1.38 bits per heavy atom. The zero-order valence-electron chi connectivity index (χ0n) is 11.8. The molecule has 8 nitrogen and oxygen atoms in total. The molecule has 21 heavy (non-hydrogen) atoms. The maximum atomic E-state index is 5.81. The van der Waals surface area contributed by atoms with E-state index in [1.54, 1.807) is 4.68 Å². The second-order valence-electron chi connectivity index (χ2n) is 4.96. The standard InChI is InChI=1S/C13H19N5O3/c14-5-13-12(15-9-21-13)7-18-6-10(16-17-18)8-20-11-1-3-19-4-2-11/h6,9,11H,1-5,7-8,14H2. The second-order valence-corrected chi connectivity index (χ2v) is 4.96. The van der Waals surface area contributed by atoms with E-state index in [2.05, 4.69) is 15.3 Å². The lowest BCUT2D eigenvalue weighted by Gasteiger charge is -2.21. The first-order valence-corrected chi connectivity index (χ1v) is 7.05. The lowest BCUT2D eigenvalue weighted by atomic mass is 10.1. The topological polar surface area (TPSA) is 101 Å². The largest absolute Gasteiger partial charge is 0.447 e. The quantitative estimate of drug-likeness (QED) is 0.826. The Bertz CT molecular complexity index is 562. The first kappa shape index (κ1) is 14.2. The van der Waals surface area contributed by atoms with Gasteiger partial charge in [0.1, 0.15) is 17.1 Å². The second kappa shape index (κ2) is 6.79. The van der Waals surface area contributed by atoms with Gasteiger partial charge in [-0.15, -0.1) is 5.10 Å². The van der Waals surface area contributed by atoms with Crippen LogP contribution >= 0.6 is 0 Å². The fourth-order valence-electron chi connectivity index (χ4n) is 2.27. The lowest BCUT2D eigenvalue weighted by molar-refractivity contribution is -0.0399. The summed E-state index contributed by atoms with van der Waals surface area (Å²) in [4.78, 5) is 4.13. The average molecular weight is 293 g/mol. The molecule has 0 bridgehead atoms. The van der Waals surface area contributed by atoms with Crippen LogP contribution < -0.4 is 5.73 Å². The summed E-state index contributed by atoms with van der Waals surface area (Å²) in [7, 11) is 0. The first-order valence-electron chi connectivity index (χ1n) is 7.05. The van der Waals surface area contributed by atoms with Gasteiger partial charge in [-0.25, -0.2) is 9.67 Å². The van der Waals surface area contributed by atoms with Gasteiger partial charge >= 0.3 is 0 Å². The summed E-state index contributed by atoms with van der Waals surface area (Å²) in [5.41, 5.74) is 7.16. The highest BCUT2D eigenvalue weighted by atomic mass is 16.5. The van der Waals surface area contributed by atoms with Crippen molar-refractivity contribution in [3.05, 3.63) is 29.7 Å². The van der Waals surface area contributed by atoms with Gasteiger partial charge in [-0.2, -0.15) is 0 Å². The molecule has 0 saturated carbocycles. The highest BCUT2D eigenvalue weighted by Crippen LogP contribution is 2.13. The highest BCUT2D eigenvalue weighted by molar-refractivity contribution is 5.07. The third kappa shape index (κ3) is 3.66. The van der Waals surface area contributed by atoms with Crippen LogP contribution in [0.5, 0.6) is 0 Å². The third-order valence-corrected chi connectivity index (χ3v) is 3.44. The van der Waals surface area contributed by atoms with Crippen LogP contribution in [0, 0.1) is 0 Å². The molecular weight excluding hydrogens is 274 g/mol. The minimum Gasteiger partial charge on any atom is -0.447 e. The summed E-state index contributed by atoms with van der Waals surface area (Å²) in [6.45, 7) is 2.82. The molecule has 1 fully saturated rings. The Balaban J connectivity index is 1.53. The van der Waals surface area contributed by atoms with E-state index >= 15 is 0 Å². The van der Waals surface area contributed by atoms with Crippen LogP contribution in [-0.4, -0.2) is 39.3 Å². The molecular formula is C13H19N5O3. The molecule has 1 aliphatic heterocycles. The molecule has 3 heterocycles. The SMILES string of the molecule is NCc1ocnc1Cn1cc(COC2CCOCC2)nn1. The van der Waals surface area contributed by atoms with E-state index in [-0.39, 0.29) is 6.10 Å². The molecule has 0 unspecified atom stereocenters. The molecule has 0 aromatic carbocycles. The molecule has 2 aromatic rings. The van der Waals surface area contributed by atoms with Crippen LogP contribution in [0.15, 0.2) is 17.0 Å². The van der Waals surface area contributed by atoms with Crippen molar-refractivity contribution >= 4 is 0 Å². The van der Waals surface area contributed by atoms with Gasteiger partial charge in [0.15, 0.2) is 6.39 Å². The van der Waals surface area contributed by atoms with E-state index in [1.807, 2.05) is 6.20 Å². The normalized spacial score (nSPS) is 16.4. The van der Waals surface area contributed by atoms with Gasteiger partial charge in [-0.3, -0.25) is 0 Å². The van der Waals surface area contributed by atoms with Gasteiger partial charge in [-0.05, 0) is 12.8 Å². The highest BCUT2D eigenvalue weighted by Gasteiger charge is 2.15. The van der Waals surface area contributed by atoms with E-state index in [0.29, 0.717) is 25.5 Å². The summed E-state index contributed by atoms with van der Waals surface area (Å²) < 4.78 is 18.0. The predicted octanol–water partition coefficient (Wildman–Crippen LogP) is 0.469. The minimum atomic E-state index is 0.253. The molecule has 0 radical (unpaired) electrons. The molecule has 3 rings (SSSR count). The van der Waals surface area contributed by atoms with Crippen LogP contribution in [0.2, 0.25) is 0 Å². The third-order valence-electron chi connectivity index (χ3n) is 3.44. The summed E-state index contributed by atoms with van der Waals surface area (Å²) >= 11 is 0. The summed E-state index contributed by atoms with van der Waals surface area (Å²) in [5.74, 6) is 0.672. The molecule has 2 N–H and O–H groups in total. The average Bonchev–Trinajstić information content (AvgIpc) is 3.16. The number of rotatable bonds is 6. The molecule has 0 amide bonds. The van der Waals surface area contributed by atoms with Gasteiger partial charge in [0, 0.05) is 13.2 Å². The van der Waals surface area contributed by atoms with Crippen LogP contribution in [-0.2, 0) is 29.2 Å². The first-order chi connectivity index (χ1) is 10.3. The lowest BCUT2D eigenvalue weighted by Crippen LogP contribution is -2.23. The van der Waals surface area contributed by atoms with Crippen molar-refractivity contribution in [2.24, 2.45) is 5.73 Å². The molecule has 1 saturated heterocycles. The van der Waals surface area contributed by atoms with Crippen molar-refractivity contribution in [1.82, 2.24) is 20.0 Å². The van der Waals surface area contributed by atoms with Crippen molar-refractivity contribution in [3.8, 4) is 0 Å². The van der Waals surface area contributed by atoms with Crippen molar-refractivity contribution in [3.63, 3.8) is 0 Å². The maximum absolute atomic E-state index is 5.81. The zero-order chi connectivity index (χ0) is 14.5. The van der Waals surface area contributed by atoms with Gasteiger partial charge in [0.05, 0.1) is 32.0 Å². The van der Waals surface area contributed by atoms with E-state index in [4.69, 9.17) is 19.6 Å². The van der Waals surface area contributed by atoms with E-state index in [9.17, 15) is 0 Å². The number of ether oxygens (including phenoxy) is 2. The molecule has 8 heteroatoms. The fraction of sp³-hybridized carbons (Fsp3) is 0.615. The Morgan fingerprint density at radius 3 is 3.05 bits per heavy atom. The Hall–Kier alpha value is -1.77. The molecule has 0 aliphatic carbocycles. The number of oxazole rings is 1. The van der Waals surface area contributed by atoms with Crippen molar-refractivity contribution in [2.75, 3.05) is 13.2 Å². The van der Waals surface area contributed by atoms with Crippen molar-refractivity contribution < 1.29 is 13.9 Å². The van der Waals surface area contributed by atoms with E-state index in [0.717, 1.165) is 37.4 Å². The molecule has 1 aliphatic rings. The number of nitrogens with zero attached hydrogens (tertiary/aromatic N) is 4. The summed E-state index contributed by atoms with van der Waals surface area (Å²) in [6.07, 6.45) is 5.38. The minimum absolute atomic E-state index is 0.253. The number of hydrogen-bond acceptors (Lipinski definition) is 7. The number of hydrogen-bond donors (Lipinski definition) is 1. The van der Waals surface area contributed by atoms with Crippen molar-refractivity contribution in [1.29, 1.82) is 0 Å². The van der Waals surface area contributed by atoms with Gasteiger partial charge in [0.2, 0.25) is 0 Å². The Kier molecular flexibility index (Phi) is 4.59. The number of nitrogens with two attached hydrogens (primary N) is 1. The van der Waals surface area contributed by atoms with Crippen molar-refractivity contribution in [2.45, 2.75) is 38.6 Å². The summed E-state index contributed by atoms with van der Waals surface area (Å²) in [5, 5.41) is 8.17. The van der Waals surface area contributed by atoms with Crippen LogP contribution in [0.3, 0.4) is 0 Å². The molecule has 0 spiro atoms. The summed E-state index contributed by atoms with van der Waals surface area (Å²) in [6, 6.07) is 0. The number of aromatic nitrogens is 4. The Morgan fingerprint density at radius 2 is 2.24 bits per heavy atom. The van der Waals surface area contributed by atoms with Crippen LogP contribution in [0.4, 0.5) is 0 Å². The fourth-order valence-corrected chi connectivity index (χ4v) is 2.27. The zero-order valence-corrected chi connectivity index (χ0v) is 11.8. The van der Waals surface area contributed by atoms with Crippen LogP contribution in [0.1, 0.15) is 30.0 Å². The van der Waals surface area contributed by atoms with Crippen LogP contribution in [0.25, 0.3) is 0 Å². The van der Waals surface area contributed by atoms with Gasteiger partial charge < -0.3 is 19.6 Å². The monoisotopic (exact) mass is 293 g/mol. The van der Waals surface area contributed by atoms with Gasteiger partial charge in [-0.1, -0.05) is 5.21 Å². The molecule has 114 valence electrons. The Labute approximate surface area is 122 Å². The van der Waals surface area contributed by atoms with E-state index in [1.165, 1.54) is 6.39 Å². The van der Waals surface area contributed by atoms with Gasteiger partial charge in [0.25, 0.3) is 0 Å². The molecule has 0 atom stereocenters. The van der Waals surface area contributed by atoms with E-state index < -0.39 is 0 Å². The smallest absolute Gasteiger partial charge is 0.181 e. The maximum Gasteiger partial charge on any atom is 0.181 e. The predicted molar refractivity (Wildman–Crippen MR) is 72.1 cm³/mol. The molecule has 2 aromatic heterocycles.